The number of hydrogen-bond acceptors (Lipinski definition) is 2. The summed E-state index contributed by atoms with van der Waals surface area (Å²) >= 11 is 0. The molecular formula is C15H30N2. The predicted octanol–water partition coefficient (Wildman–Crippen LogP) is 2.79. The van der Waals surface area contributed by atoms with E-state index < -0.39 is 0 Å². The number of nitrogens with one attached hydrogen (secondary N) is 2. The van der Waals surface area contributed by atoms with Crippen LogP contribution in [0.4, 0.5) is 0 Å². The summed E-state index contributed by atoms with van der Waals surface area (Å²) in [7, 11) is 0. The van der Waals surface area contributed by atoms with E-state index in [1.165, 1.54) is 58.2 Å². The summed E-state index contributed by atoms with van der Waals surface area (Å²) in [4.78, 5) is 0. The van der Waals surface area contributed by atoms with Crippen LogP contribution in [0.1, 0.15) is 52.4 Å². The lowest BCUT2D eigenvalue weighted by Gasteiger charge is -2.36. The molecule has 2 aliphatic rings. The van der Waals surface area contributed by atoms with Crippen molar-refractivity contribution in [3.05, 3.63) is 0 Å². The Labute approximate surface area is 107 Å². The van der Waals surface area contributed by atoms with E-state index >= 15 is 0 Å². The predicted molar refractivity (Wildman–Crippen MR) is 74.2 cm³/mol. The van der Waals surface area contributed by atoms with Gasteiger partial charge in [-0.05, 0) is 63.1 Å². The number of piperidine rings is 1. The first-order valence-corrected chi connectivity index (χ1v) is 7.71. The zero-order chi connectivity index (χ0) is 12.1. The average molecular weight is 238 g/mol. The molecule has 1 saturated carbocycles. The van der Waals surface area contributed by atoms with Gasteiger partial charge in [0.1, 0.15) is 0 Å². The molecule has 2 nitrogen and oxygen atoms in total. The lowest BCUT2D eigenvalue weighted by molar-refractivity contribution is 0.195. The van der Waals surface area contributed by atoms with E-state index in [-0.39, 0.29) is 0 Å². The SMILES string of the molecule is CC(C)C1CCCCC1NCC1CCCNC1. The molecule has 0 aromatic heterocycles. The van der Waals surface area contributed by atoms with Crippen molar-refractivity contribution < 1.29 is 0 Å². The van der Waals surface area contributed by atoms with E-state index in [0.717, 1.165) is 23.8 Å². The van der Waals surface area contributed by atoms with Crippen LogP contribution in [0.3, 0.4) is 0 Å². The van der Waals surface area contributed by atoms with E-state index in [1.54, 1.807) is 0 Å². The van der Waals surface area contributed by atoms with Crippen LogP contribution in [0.5, 0.6) is 0 Å². The molecule has 1 heterocycles. The van der Waals surface area contributed by atoms with Crippen molar-refractivity contribution in [2.45, 2.75) is 58.4 Å². The van der Waals surface area contributed by atoms with Gasteiger partial charge in [-0.3, -0.25) is 0 Å². The van der Waals surface area contributed by atoms with Gasteiger partial charge in [-0.2, -0.15) is 0 Å². The van der Waals surface area contributed by atoms with Crippen LogP contribution in [0.15, 0.2) is 0 Å². The highest BCUT2D eigenvalue weighted by molar-refractivity contribution is 4.84. The van der Waals surface area contributed by atoms with Gasteiger partial charge in [-0.1, -0.05) is 26.7 Å². The van der Waals surface area contributed by atoms with E-state index in [4.69, 9.17) is 0 Å². The van der Waals surface area contributed by atoms with Crippen molar-refractivity contribution in [2.24, 2.45) is 17.8 Å². The van der Waals surface area contributed by atoms with Crippen molar-refractivity contribution >= 4 is 0 Å². The molecule has 0 radical (unpaired) electrons. The molecule has 1 aliphatic heterocycles. The Bertz CT molecular complexity index is 209. The second kappa shape index (κ2) is 6.75. The van der Waals surface area contributed by atoms with Gasteiger partial charge in [0.2, 0.25) is 0 Å². The smallest absolute Gasteiger partial charge is 0.00978 e. The van der Waals surface area contributed by atoms with Crippen LogP contribution >= 0.6 is 0 Å². The minimum Gasteiger partial charge on any atom is -0.316 e. The Morgan fingerprint density at radius 2 is 1.94 bits per heavy atom. The van der Waals surface area contributed by atoms with Crippen LogP contribution < -0.4 is 10.6 Å². The molecule has 17 heavy (non-hydrogen) atoms. The standard InChI is InChI=1S/C15H30N2/c1-12(2)14-7-3-4-8-15(14)17-11-13-6-5-9-16-10-13/h12-17H,3-11H2,1-2H3. The zero-order valence-corrected chi connectivity index (χ0v) is 11.7. The maximum absolute atomic E-state index is 3.88. The Morgan fingerprint density at radius 3 is 2.65 bits per heavy atom. The molecule has 3 atom stereocenters. The molecule has 2 heteroatoms. The molecule has 3 unspecified atom stereocenters. The first-order chi connectivity index (χ1) is 8.27. The molecule has 100 valence electrons. The van der Waals surface area contributed by atoms with Crippen molar-refractivity contribution in [3.63, 3.8) is 0 Å². The summed E-state index contributed by atoms with van der Waals surface area (Å²) in [5.74, 6) is 2.64. The second-order valence-corrected chi connectivity index (χ2v) is 6.42. The van der Waals surface area contributed by atoms with Gasteiger partial charge in [0.05, 0.1) is 0 Å². The molecule has 2 rings (SSSR count). The van der Waals surface area contributed by atoms with Gasteiger partial charge >= 0.3 is 0 Å². The first kappa shape index (κ1) is 13.4. The fourth-order valence-corrected chi connectivity index (χ4v) is 3.63. The average Bonchev–Trinajstić information content (AvgIpc) is 2.38. The third-order valence-corrected chi connectivity index (χ3v) is 4.74. The number of hydrogen-bond donors (Lipinski definition) is 2. The largest absolute Gasteiger partial charge is 0.316 e. The minimum absolute atomic E-state index is 0.797. The van der Waals surface area contributed by atoms with E-state index in [1.807, 2.05) is 0 Å². The second-order valence-electron chi connectivity index (χ2n) is 6.42. The summed E-state index contributed by atoms with van der Waals surface area (Å²) in [5.41, 5.74) is 0. The van der Waals surface area contributed by atoms with Gasteiger partial charge in [-0.25, -0.2) is 0 Å². The van der Waals surface area contributed by atoms with Crippen LogP contribution in [0.25, 0.3) is 0 Å². The summed E-state index contributed by atoms with van der Waals surface area (Å²) in [6.45, 7) is 8.49. The lowest BCUT2D eigenvalue weighted by atomic mass is 9.77. The van der Waals surface area contributed by atoms with Crippen molar-refractivity contribution in [1.29, 1.82) is 0 Å². The maximum Gasteiger partial charge on any atom is 0.00978 e. The van der Waals surface area contributed by atoms with E-state index in [9.17, 15) is 0 Å². The van der Waals surface area contributed by atoms with Gasteiger partial charge in [0.15, 0.2) is 0 Å². The van der Waals surface area contributed by atoms with Gasteiger partial charge < -0.3 is 10.6 Å². The Morgan fingerprint density at radius 1 is 1.12 bits per heavy atom. The highest BCUT2D eigenvalue weighted by atomic mass is 15.0. The van der Waals surface area contributed by atoms with Gasteiger partial charge in [0.25, 0.3) is 0 Å². The topological polar surface area (TPSA) is 24.1 Å². The molecule has 1 saturated heterocycles. The molecule has 1 aliphatic carbocycles. The summed E-state index contributed by atoms with van der Waals surface area (Å²) in [6.07, 6.45) is 8.51. The highest BCUT2D eigenvalue weighted by Crippen LogP contribution is 2.30. The third-order valence-electron chi connectivity index (χ3n) is 4.74. The van der Waals surface area contributed by atoms with Crippen LogP contribution in [0, 0.1) is 17.8 Å². The molecule has 0 bridgehead atoms. The van der Waals surface area contributed by atoms with Crippen molar-refractivity contribution in [2.75, 3.05) is 19.6 Å². The first-order valence-electron chi connectivity index (χ1n) is 7.71. The third kappa shape index (κ3) is 3.96. The molecule has 0 aromatic carbocycles. The Kier molecular flexibility index (Phi) is 5.30. The molecule has 0 spiro atoms. The summed E-state index contributed by atoms with van der Waals surface area (Å²) in [5, 5.41) is 7.40. The van der Waals surface area contributed by atoms with Crippen LogP contribution in [-0.4, -0.2) is 25.7 Å². The van der Waals surface area contributed by atoms with E-state index in [0.29, 0.717) is 0 Å². The number of rotatable bonds is 4. The lowest BCUT2D eigenvalue weighted by Crippen LogP contribution is -2.45. The minimum atomic E-state index is 0.797. The molecule has 2 fully saturated rings. The van der Waals surface area contributed by atoms with E-state index in [2.05, 4.69) is 24.5 Å². The van der Waals surface area contributed by atoms with Crippen molar-refractivity contribution in [3.8, 4) is 0 Å². The fourth-order valence-electron chi connectivity index (χ4n) is 3.63. The normalized spacial score (nSPS) is 35.1. The fraction of sp³-hybridized carbons (Fsp3) is 1.00. The van der Waals surface area contributed by atoms with Crippen LogP contribution in [-0.2, 0) is 0 Å². The molecule has 0 amide bonds. The van der Waals surface area contributed by atoms with Crippen molar-refractivity contribution in [1.82, 2.24) is 10.6 Å². The molecule has 0 aromatic rings. The Balaban J connectivity index is 1.75. The summed E-state index contributed by atoms with van der Waals surface area (Å²) < 4.78 is 0. The van der Waals surface area contributed by atoms with Gasteiger partial charge in [-0.15, -0.1) is 0 Å². The highest BCUT2D eigenvalue weighted by Gasteiger charge is 2.27. The molecular weight excluding hydrogens is 208 g/mol. The monoisotopic (exact) mass is 238 g/mol. The Hall–Kier alpha value is -0.0800. The van der Waals surface area contributed by atoms with Crippen LogP contribution in [0.2, 0.25) is 0 Å². The van der Waals surface area contributed by atoms with Gasteiger partial charge in [0, 0.05) is 6.04 Å². The zero-order valence-electron chi connectivity index (χ0n) is 11.7. The summed E-state index contributed by atoms with van der Waals surface area (Å²) in [6, 6.07) is 0.797. The maximum atomic E-state index is 3.88. The quantitative estimate of drug-likeness (QED) is 0.787. The molecule has 2 N–H and O–H groups in total.